The highest BCUT2D eigenvalue weighted by molar-refractivity contribution is 5.87. The second kappa shape index (κ2) is 9.55. The summed E-state index contributed by atoms with van der Waals surface area (Å²) in [6.07, 6.45) is 3.95. The average Bonchev–Trinajstić information content (AvgIpc) is 2.57. The molecule has 0 radical (unpaired) electrons. The number of rotatable bonds is 9. The van der Waals surface area contributed by atoms with Gasteiger partial charge in [0.2, 0.25) is 5.75 Å². The number of benzene rings is 1. The van der Waals surface area contributed by atoms with Crippen LogP contribution in [-0.2, 0) is 9.59 Å². The second-order valence-corrected chi connectivity index (χ2v) is 5.18. The van der Waals surface area contributed by atoms with Crippen molar-refractivity contribution in [3.05, 3.63) is 43.0 Å². The Morgan fingerprint density at radius 1 is 1.08 bits per heavy atom. The second-order valence-electron chi connectivity index (χ2n) is 5.18. The summed E-state index contributed by atoms with van der Waals surface area (Å²) in [7, 11) is 0. The fourth-order valence-corrected chi connectivity index (χ4v) is 2.29. The van der Waals surface area contributed by atoms with E-state index >= 15 is 0 Å². The Bertz CT molecular complexity index is 618. The van der Waals surface area contributed by atoms with E-state index in [0.717, 1.165) is 30.6 Å². The highest BCUT2D eigenvalue weighted by Gasteiger charge is 2.24. The van der Waals surface area contributed by atoms with Gasteiger partial charge in [-0.2, -0.15) is 0 Å². The lowest BCUT2D eigenvalue weighted by Crippen LogP contribution is -2.12. The molecule has 5 nitrogen and oxygen atoms in total. The topological polar surface area (TPSA) is 61.8 Å². The molecule has 1 atom stereocenters. The van der Waals surface area contributed by atoms with Gasteiger partial charge in [0.1, 0.15) is 0 Å². The summed E-state index contributed by atoms with van der Waals surface area (Å²) in [4.78, 5) is 23.4. The third-order valence-corrected chi connectivity index (χ3v) is 3.40. The largest absolute Gasteiger partial charge is 0.490 e. The van der Waals surface area contributed by atoms with Gasteiger partial charge in [-0.15, -0.1) is 0 Å². The first-order valence-electron chi connectivity index (χ1n) is 7.96. The zero-order chi connectivity index (χ0) is 18.1. The zero-order valence-electron chi connectivity index (χ0n) is 14.5. The van der Waals surface area contributed by atoms with Gasteiger partial charge in [0, 0.05) is 17.7 Å². The predicted molar refractivity (Wildman–Crippen MR) is 92.6 cm³/mol. The molecule has 0 amide bonds. The molecule has 0 saturated heterocycles. The number of esters is 2. The minimum absolute atomic E-state index is 0.0809. The van der Waals surface area contributed by atoms with Crippen LogP contribution in [0.5, 0.6) is 17.2 Å². The minimum atomic E-state index is -0.660. The number of carbonyl (C=O) groups excluding carboxylic acids is 2. The molecule has 1 aromatic carbocycles. The van der Waals surface area contributed by atoms with E-state index in [0.29, 0.717) is 12.4 Å². The van der Waals surface area contributed by atoms with E-state index in [4.69, 9.17) is 14.2 Å². The molecule has 1 aromatic rings. The average molecular weight is 332 g/mol. The highest BCUT2D eigenvalue weighted by Crippen LogP contribution is 2.44. The van der Waals surface area contributed by atoms with Gasteiger partial charge in [0.15, 0.2) is 11.5 Å². The molecule has 0 aliphatic rings. The van der Waals surface area contributed by atoms with Crippen LogP contribution in [0.3, 0.4) is 0 Å². The van der Waals surface area contributed by atoms with Crippen LogP contribution in [0, 0.1) is 0 Å². The Labute approximate surface area is 142 Å². The summed E-state index contributed by atoms with van der Waals surface area (Å²) in [5, 5.41) is 0. The van der Waals surface area contributed by atoms with Crippen LogP contribution in [0.25, 0.3) is 0 Å². The Hall–Kier alpha value is -2.56. The van der Waals surface area contributed by atoms with Gasteiger partial charge in [-0.05, 0) is 25.3 Å². The molecule has 0 aliphatic carbocycles. The lowest BCUT2D eigenvalue weighted by atomic mass is 9.95. The van der Waals surface area contributed by atoms with Crippen molar-refractivity contribution in [3.63, 3.8) is 0 Å². The molecule has 0 heterocycles. The first-order chi connectivity index (χ1) is 11.5. The number of carbonyl (C=O) groups is 2. The summed E-state index contributed by atoms with van der Waals surface area (Å²) >= 11 is 0. The molecule has 0 fully saturated rings. The summed E-state index contributed by atoms with van der Waals surface area (Å²) in [6.45, 7) is 13.1. The molecular formula is C19H24O5. The Kier molecular flexibility index (Phi) is 7.75. The van der Waals surface area contributed by atoms with Gasteiger partial charge >= 0.3 is 11.9 Å². The van der Waals surface area contributed by atoms with Crippen LogP contribution in [-0.4, -0.2) is 18.5 Å². The molecule has 24 heavy (non-hydrogen) atoms. The van der Waals surface area contributed by atoms with Gasteiger partial charge in [0.05, 0.1) is 6.61 Å². The van der Waals surface area contributed by atoms with Crippen molar-refractivity contribution >= 4 is 11.9 Å². The SMILES string of the molecule is C=CC(=O)Oc1c(OCC)ccc(C(C)CCC)c1OC(=O)C=C. The van der Waals surface area contributed by atoms with E-state index in [1.165, 1.54) is 0 Å². The van der Waals surface area contributed by atoms with Gasteiger partial charge in [-0.1, -0.05) is 39.5 Å². The van der Waals surface area contributed by atoms with Crippen LogP contribution in [0.2, 0.25) is 0 Å². The van der Waals surface area contributed by atoms with E-state index in [1.807, 2.05) is 19.9 Å². The van der Waals surface area contributed by atoms with Gasteiger partial charge in [-0.3, -0.25) is 0 Å². The van der Waals surface area contributed by atoms with Gasteiger partial charge < -0.3 is 14.2 Å². The Balaban J connectivity index is 3.50. The summed E-state index contributed by atoms with van der Waals surface area (Å²) < 4.78 is 16.2. The predicted octanol–water partition coefficient (Wildman–Crippen LogP) is 4.17. The van der Waals surface area contributed by atoms with Crippen LogP contribution in [0.15, 0.2) is 37.4 Å². The maximum absolute atomic E-state index is 11.7. The first kappa shape index (κ1) is 19.5. The minimum Gasteiger partial charge on any atom is -0.490 e. The van der Waals surface area contributed by atoms with Crippen molar-refractivity contribution < 1.29 is 23.8 Å². The number of ether oxygens (including phenoxy) is 3. The van der Waals surface area contributed by atoms with E-state index in [1.54, 1.807) is 6.07 Å². The molecule has 0 aromatic heterocycles. The summed E-state index contributed by atoms with van der Waals surface area (Å²) in [5.41, 5.74) is 0.766. The van der Waals surface area contributed by atoms with Crippen molar-refractivity contribution in [1.29, 1.82) is 0 Å². The smallest absolute Gasteiger partial charge is 0.335 e. The highest BCUT2D eigenvalue weighted by atomic mass is 16.6. The van der Waals surface area contributed by atoms with Crippen LogP contribution in [0.1, 0.15) is 45.1 Å². The van der Waals surface area contributed by atoms with Crippen LogP contribution >= 0.6 is 0 Å². The normalized spacial score (nSPS) is 11.3. The molecule has 0 bridgehead atoms. The van der Waals surface area contributed by atoms with Crippen molar-refractivity contribution in [1.82, 2.24) is 0 Å². The molecule has 0 aliphatic heterocycles. The van der Waals surface area contributed by atoms with E-state index < -0.39 is 11.9 Å². The van der Waals surface area contributed by atoms with Crippen LogP contribution < -0.4 is 14.2 Å². The van der Waals surface area contributed by atoms with E-state index in [-0.39, 0.29) is 17.4 Å². The summed E-state index contributed by atoms with van der Waals surface area (Å²) in [6, 6.07) is 3.53. The lowest BCUT2D eigenvalue weighted by Gasteiger charge is -2.20. The van der Waals surface area contributed by atoms with Crippen molar-refractivity contribution in [2.45, 2.75) is 39.5 Å². The fourth-order valence-electron chi connectivity index (χ4n) is 2.29. The zero-order valence-corrected chi connectivity index (χ0v) is 14.5. The Morgan fingerprint density at radius 2 is 1.67 bits per heavy atom. The van der Waals surface area contributed by atoms with Crippen molar-refractivity contribution in [2.24, 2.45) is 0 Å². The van der Waals surface area contributed by atoms with Crippen molar-refractivity contribution in [2.75, 3.05) is 6.61 Å². The monoisotopic (exact) mass is 332 g/mol. The fraction of sp³-hybridized carbons (Fsp3) is 0.368. The lowest BCUT2D eigenvalue weighted by molar-refractivity contribution is -0.131. The number of hydrogen-bond donors (Lipinski definition) is 0. The van der Waals surface area contributed by atoms with Gasteiger partial charge in [0.25, 0.3) is 0 Å². The molecule has 5 heteroatoms. The van der Waals surface area contributed by atoms with Gasteiger partial charge in [-0.25, -0.2) is 9.59 Å². The maximum atomic E-state index is 11.7. The molecule has 0 spiro atoms. The first-order valence-corrected chi connectivity index (χ1v) is 7.96. The standard InChI is InChI=1S/C19H24O5/c1-6-10-13(5)14-11-12-15(22-9-4)19(24-17(21)8-3)18(14)23-16(20)7-2/h7-8,11-13H,2-3,6,9-10H2,1,4-5H3. The maximum Gasteiger partial charge on any atom is 0.335 e. The molecule has 1 unspecified atom stereocenters. The molecule has 0 saturated carbocycles. The third kappa shape index (κ3) is 4.98. The molecule has 130 valence electrons. The van der Waals surface area contributed by atoms with E-state index in [2.05, 4.69) is 20.1 Å². The Morgan fingerprint density at radius 3 is 2.17 bits per heavy atom. The third-order valence-electron chi connectivity index (χ3n) is 3.40. The molecule has 1 rings (SSSR count). The number of hydrogen-bond acceptors (Lipinski definition) is 5. The molecule has 0 N–H and O–H groups in total. The van der Waals surface area contributed by atoms with Crippen LogP contribution in [0.4, 0.5) is 0 Å². The van der Waals surface area contributed by atoms with E-state index in [9.17, 15) is 9.59 Å². The molecular weight excluding hydrogens is 308 g/mol. The van der Waals surface area contributed by atoms with Crippen molar-refractivity contribution in [3.8, 4) is 17.2 Å². The quantitative estimate of drug-likeness (QED) is 0.386. The summed E-state index contributed by atoms with van der Waals surface area (Å²) in [5.74, 6) is -0.595.